The monoisotopic (exact) mass is 369 g/mol. The molecule has 1 aliphatic rings. The normalized spacial score (nSPS) is 15.9. The van der Waals surface area contributed by atoms with Crippen LogP contribution in [0.4, 0.5) is 16.2 Å². The SMILES string of the molecule is COc1ccc(NC(=O)[C@@H]2CCCN2C(=O)Nc2ccc(OC)cc2)cc1. The van der Waals surface area contributed by atoms with Crippen LogP contribution in [0, 0.1) is 0 Å². The number of anilines is 2. The van der Waals surface area contributed by atoms with Gasteiger partial charge in [0.1, 0.15) is 17.5 Å². The van der Waals surface area contributed by atoms with Crippen LogP contribution in [0.3, 0.4) is 0 Å². The van der Waals surface area contributed by atoms with Gasteiger partial charge >= 0.3 is 6.03 Å². The number of hydrogen-bond acceptors (Lipinski definition) is 4. The molecule has 0 unspecified atom stereocenters. The number of nitrogens with zero attached hydrogens (tertiary/aromatic N) is 1. The highest BCUT2D eigenvalue weighted by atomic mass is 16.5. The first-order valence-electron chi connectivity index (χ1n) is 8.77. The minimum atomic E-state index is -0.495. The molecule has 0 saturated carbocycles. The fourth-order valence-electron chi connectivity index (χ4n) is 3.05. The van der Waals surface area contributed by atoms with Gasteiger partial charge in [-0.05, 0) is 61.4 Å². The van der Waals surface area contributed by atoms with Crippen molar-refractivity contribution in [2.24, 2.45) is 0 Å². The van der Waals surface area contributed by atoms with Crippen LogP contribution in [0.2, 0.25) is 0 Å². The van der Waals surface area contributed by atoms with Crippen LogP contribution in [-0.2, 0) is 4.79 Å². The molecule has 7 nitrogen and oxygen atoms in total. The van der Waals surface area contributed by atoms with Gasteiger partial charge in [-0.15, -0.1) is 0 Å². The number of carbonyl (C=O) groups is 2. The molecule has 7 heteroatoms. The molecule has 0 bridgehead atoms. The van der Waals surface area contributed by atoms with Gasteiger partial charge in [-0.1, -0.05) is 0 Å². The molecule has 0 aliphatic carbocycles. The summed E-state index contributed by atoms with van der Waals surface area (Å²) in [4.78, 5) is 26.8. The third kappa shape index (κ3) is 4.49. The summed E-state index contributed by atoms with van der Waals surface area (Å²) in [7, 11) is 3.18. The second-order valence-electron chi connectivity index (χ2n) is 6.23. The maximum atomic E-state index is 12.6. The maximum absolute atomic E-state index is 12.6. The summed E-state index contributed by atoms with van der Waals surface area (Å²) in [5.74, 6) is 1.24. The Morgan fingerprint density at radius 3 is 1.93 bits per heavy atom. The Bertz CT molecular complexity index is 722. The number of rotatable bonds is 5. The number of carbonyl (C=O) groups excluding carboxylic acids is 2. The summed E-state index contributed by atoms with van der Waals surface area (Å²) in [6.45, 7) is 0.544. The lowest BCUT2D eigenvalue weighted by atomic mass is 10.2. The Hall–Kier alpha value is -3.22. The molecule has 3 rings (SSSR count). The van der Waals surface area contributed by atoms with E-state index in [0.29, 0.717) is 30.1 Å². The average molecular weight is 369 g/mol. The quantitative estimate of drug-likeness (QED) is 0.847. The molecule has 0 radical (unpaired) electrons. The summed E-state index contributed by atoms with van der Waals surface area (Å²) in [5.41, 5.74) is 1.32. The van der Waals surface area contributed by atoms with Gasteiger partial charge < -0.3 is 25.0 Å². The Kier molecular flexibility index (Phi) is 5.80. The van der Waals surface area contributed by atoms with Crippen LogP contribution < -0.4 is 20.1 Å². The van der Waals surface area contributed by atoms with E-state index < -0.39 is 6.04 Å². The highest BCUT2D eigenvalue weighted by molar-refractivity contribution is 5.99. The molecule has 0 spiro atoms. The number of hydrogen-bond donors (Lipinski definition) is 2. The zero-order chi connectivity index (χ0) is 19.2. The largest absolute Gasteiger partial charge is 0.497 e. The minimum absolute atomic E-state index is 0.192. The minimum Gasteiger partial charge on any atom is -0.497 e. The molecule has 1 aliphatic heterocycles. The lowest BCUT2D eigenvalue weighted by Gasteiger charge is -2.24. The van der Waals surface area contributed by atoms with Crippen molar-refractivity contribution < 1.29 is 19.1 Å². The number of ether oxygens (including phenoxy) is 2. The molecular formula is C20H23N3O4. The number of nitrogens with one attached hydrogen (secondary N) is 2. The van der Waals surface area contributed by atoms with Gasteiger partial charge in [-0.2, -0.15) is 0 Å². The van der Waals surface area contributed by atoms with Crippen molar-refractivity contribution in [3.8, 4) is 11.5 Å². The fraction of sp³-hybridized carbons (Fsp3) is 0.300. The molecule has 2 N–H and O–H groups in total. The smallest absolute Gasteiger partial charge is 0.322 e. The standard InChI is InChI=1S/C20H23N3O4/c1-26-16-9-5-14(6-10-16)21-19(24)18-4-3-13-23(18)20(25)22-15-7-11-17(27-2)12-8-15/h5-12,18H,3-4,13H2,1-2H3,(H,21,24)(H,22,25)/t18-/m0/s1. The molecule has 1 atom stereocenters. The third-order valence-corrected chi connectivity index (χ3v) is 4.52. The predicted molar refractivity (Wildman–Crippen MR) is 103 cm³/mol. The van der Waals surface area contributed by atoms with Gasteiger partial charge in [-0.25, -0.2) is 4.79 Å². The Balaban J connectivity index is 1.62. The van der Waals surface area contributed by atoms with E-state index in [9.17, 15) is 9.59 Å². The lowest BCUT2D eigenvalue weighted by Crippen LogP contribution is -2.45. The van der Waals surface area contributed by atoms with Crippen molar-refractivity contribution in [2.45, 2.75) is 18.9 Å². The van der Waals surface area contributed by atoms with Crippen LogP contribution in [0.1, 0.15) is 12.8 Å². The highest BCUT2D eigenvalue weighted by Crippen LogP contribution is 2.22. The summed E-state index contributed by atoms with van der Waals surface area (Å²) in [6, 6.07) is 13.4. The summed E-state index contributed by atoms with van der Waals surface area (Å²) in [6.07, 6.45) is 1.43. The number of methoxy groups -OCH3 is 2. The molecule has 1 fully saturated rings. The van der Waals surface area contributed by atoms with E-state index in [1.165, 1.54) is 0 Å². The first-order chi connectivity index (χ1) is 13.1. The van der Waals surface area contributed by atoms with Gasteiger partial charge in [-0.3, -0.25) is 4.79 Å². The van der Waals surface area contributed by atoms with E-state index in [2.05, 4.69) is 10.6 Å². The van der Waals surface area contributed by atoms with Crippen molar-refractivity contribution in [3.05, 3.63) is 48.5 Å². The second kappa shape index (κ2) is 8.44. The number of likely N-dealkylation sites (tertiary alicyclic amines) is 1. The van der Waals surface area contributed by atoms with Crippen molar-refractivity contribution in [1.82, 2.24) is 4.90 Å². The molecule has 1 heterocycles. The molecule has 27 heavy (non-hydrogen) atoms. The first-order valence-corrected chi connectivity index (χ1v) is 8.77. The molecule has 142 valence electrons. The van der Waals surface area contributed by atoms with E-state index in [1.807, 2.05) is 0 Å². The summed E-state index contributed by atoms with van der Waals surface area (Å²) < 4.78 is 10.2. The van der Waals surface area contributed by atoms with E-state index in [0.717, 1.165) is 12.2 Å². The zero-order valence-electron chi connectivity index (χ0n) is 15.4. The summed E-state index contributed by atoms with van der Waals surface area (Å²) >= 11 is 0. The van der Waals surface area contributed by atoms with Gasteiger partial charge in [0.25, 0.3) is 0 Å². The number of benzene rings is 2. The topological polar surface area (TPSA) is 79.9 Å². The Morgan fingerprint density at radius 2 is 1.41 bits per heavy atom. The zero-order valence-corrected chi connectivity index (χ0v) is 15.4. The predicted octanol–water partition coefficient (Wildman–Crippen LogP) is 3.34. The molecular weight excluding hydrogens is 346 g/mol. The number of urea groups is 1. The van der Waals surface area contributed by atoms with Gasteiger partial charge in [0, 0.05) is 17.9 Å². The molecule has 0 aromatic heterocycles. The fourth-order valence-corrected chi connectivity index (χ4v) is 3.05. The van der Waals surface area contributed by atoms with E-state index in [4.69, 9.17) is 9.47 Å². The van der Waals surface area contributed by atoms with E-state index in [1.54, 1.807) is 67.7 Å². The van der Waals surface area contributed by atoms with Crippen LogP contribution in [0.5, 0.6) is 11.5 Å². The molecule has 3 amide bonds. The van der Waals surface area contributed by atoms with Crippen molar-refractivity contribution in [3.63, 3.8) is 0 Å². The first kappa shape index (κ1) is 18.6. The van der Waals surface area contributed by atoms with Crippen molar-refractivity contribution >= 4 is 23.3 Å². The average Bonchev–Trinajstić information content (AvgIpc) is 3.19. The Morgan fingerprint density at radius 1 is 0.889 bits per heavy atom. The van der Waals surface area contributed by atoms with Gasteiger partial charge in [0.2, 0.25) is 5.91 Å². The van der Waals surface area contributed by atoms with Gasteiger partial charge in [0.15, 0.2) is 0 Å². The van der Waals surface area contributed by atoms with Crippen molar-refractivity contribution in [2.75, 3.05) is 31.4 Å². The maximum Gasteiger partial charge on any atom is 0.322 e. The molecule has 2 aromatic rings. The Labute approximate surface area is 158 Å². The summed E-state index contributed by atoms with van der Waals surface area (Å²) in [5, 5.41) is 5.70. The lowest BCUT2D eigenvalue weighted by molar-refractivity contribution is -0.119. The third-order valence-electron chi connectivity index (χ3n) is 4.52. The second-order valence-corrected chi connectivity index (χ2v) is 6.23. The van der Waals surface area contributed by atoms with Crippen LogP contribution >= 0.6 is 0 Å². The van der Waals surface area contributed by atoms with Crippen LogP contribution in [-0.4, -0.2) is 43.6 Å². The van der Waals surface area contributed by atoms with Crippen LogP contribution in [0.25, 0.3) is 0 Å². The van der Waals surface area contributed by atoms with E-state index in [-0.39, 0.29) is 11.9 Å². The van der Waals surface area contributed by atoms with Gasteiger partial charge in [0.05, 0.1) is 14.2 Å². The molecule has 2 aromatic carbocycles. The highest BCUT2D eigenvalue weighted by Gasteiger charge is 2.34. The van der Waals surface area contributed by atoms with Crippen molar-refractivity contribution in [1.29, 1.82) is 0 Å². The number of amides is 3. The molecule has 1 saturated heterocycles. The van der Waals surface area contributed by atoms with Crippen LogP contribution in [0.15, 0.2) is 48.5 Å². The van der Waals surface area contributed by atoms with E-state index >= 15 is 0 Å².